The quantitative estimate of drug-likeness (QED) is 0.710. The first-order valence-corrected chi connectivity index (χ1v) is 7.52. The molecule has 2 rings (SSSR count). The summed E-state index contributed by atoms with van der Waals surface area (Å²) >= 11 is 3.46. The molecule has 2 N–H and O–H groups in total. The highest BCUT2D eigenvalue weighted by Gasteiger charge is 2.10. The second-order valence-electron chi connectivity index (χ2n) is 4.59. The third-order valence-electron chi connectivity index (χ3n) is 2.91. The predicted molar refractivity (Wildman–Crippen MR) is 84.1 cm³/mol. The van der Waals surface area contributed by atoms with E-state index in [1.165, 1.54) is 0 Å². The van der Waals surface area contributed by atoms with Crippen LogP contribution < -0.4 is 10.6 Å². The van der Waals surface area contributed by atoms with Crippen LogP contribution in [0.15, 0.2) is 33.2 Å². The molecule has 0 saturated heterocycles. The van der Waals surface area contributed by atoms with E-state index in [0.29, 0.717) is 25.1 Å². The van der Waals surface area contributed by atoms with E-state index in [1.807, 2.05) is 25.1 Å². The molecule has 0 bridgehead atoms. The van der Waals surface area contributed by atoms with Crippen LogP contribution in [-0.4, -0.2) is 30.5 Å². The lowest BCUT2D eigenvalue weighted by atomic mass is 10.1. The van der Waals surface area contributed by atoms with Gasteiger partial charge in [-0.3, -0.25) is 0 Å². The largest absolute Gasteiger partial charge is 0.407 e. The van der Waals surface area contributed by atoms with Crippen LogP contribution in [0.25, 0.3) is 0 Å². The average Bonchev–Trinajstić information content (AvgIpc) is 2.91. The number of nitrogens with zero attached hydrogens (tertiary/aromatic N) is 2. The number of ether oxygens (including phenoxy) is 1. The number of hydrogen-bond donors (Lipinski definition) is 2. The summed E-state index contributed by atoms with van der Waals surface area (Å²) in [5.41, 5.74) is 1.14. The first kappa shape index (κ1) is 15.9. The summed E-state index contributed by atoms with van der Waals surface area (Å²) in [4.78, 5) is 0. The highest BCUT2D eigenvalue weighted by molar-refractivity contribution is 9.10. The second-order valence-corrected chi connectivity index (χ2v) is 5.51. The van der Waals surface area contributed by atoms with Crippen molar-refractivity contribution in [3.63, 3.8) is 0 Å². The second kappa shape index (κ2) is 8.11. The SMILES string of the molecule is COCCNCc1nnc(NC(C)c2cccc(Br)c2)o1. The van der Waals surface area contributed by atoms with Crippen molar-refractivity contribution in [1.29, 1.82) is 0 Å². The monoisotopic (exact) mass is 354 g/mol. The molecule has 0 aliphatic rings. The fourth-order valence-electron chi connectivity index (χ4n) is 1.80. The number of halogens is 1. The first-order valence-electron chi connectivity index (χ1n) is 6.73. The molecule has 114 valence electrons. The van der Waals surface area contributed by atoms with E-state index < -0.39 is 0 Å². The Kier molecular flexibility index (Phi) is 6.16. The molecule has 7 heteroatoms. The normalized spacial score (nSPS) is 12.3. The summed E-state index contributed by atoms with van der Waals surface area (Å²) in [6.07, 6.45) is 0. The minimum atomic E-state index is 0.0808. The van der Waals surface area contributed by atoms with Crippen LogP contribution in [0.4, 0.5) is 6.01 Å². The molecule has 1 aromatic heterocycles. The van der Waals surface area contributed by atoms with Gasteiger partial charge in [-0.2, -0.15) is 0 Å². The molecule has 0 saturated carbocycles. The zero-order chi connectivity index (χ0) is 15.1. The average molecular weight is 355 g/mol. The molecule has 0 aliphatic carbocycles. The van der Waals surface area contributed by atoms with Gasteiger partial charge in [0, 0.05) is 18.1 Å². The van der Waals surface area contributed by atoms with Gasteiger partial charge in [-0.15, -0.1) is 5.10 Å². The molecule has 1 unspecified atom stereocenters. The smallest absolute Gasteiger partial charge is 0.315 e. The van der Waals surface area contributed by atoms with Gasteiger partial charge >= 0.3 is 6.01 Å². The van der Waals surface area contributed by atoms with Gasteiger partial charge in [0.25, 0.3) is 0 Å². The van der Waals surface area contributed by atoms with Gasteiger partial charge in [-0.1, -0.05) is 33.2 Å². The molecule has 0 spiro atoms. The highest BCUT2D eigenvalue weighted by Crippen LogP contribution is 2.21. The Morgan fingerprint density at radius 2 is 2.24 bits per heavy atom. The van der Waals surface area contributed by atoms with Gasteiger partial charge in [0.1, 0.15) is 0 Å². The molecule has 2 aromatic rings. The summed E-state index contributed by atoms with van der Waals surface area (Å²) in [6.45, 7) is 3.97. The van der Waals surface area contributed by atoms with Gasteiger partial charge in [-0.05, 0) is 24.6 Å². The number of aromatic nitrogens is 2. The molecule has 6 nitrogen and oxygen atoms in total. The van der Waals surface area contributed by atoms with E-state index in [4.69, 9.17) is 9.15 Å². The van der Waals surface area contributed by atoms with Crippen molar-refractivity contribution in [1.82, 2.24) is 15.5 Å². The van der Waals surface area contributed by atoms with Gasteiger partial charge in [0.2, 0.25) is 5.89 Å². The number of hydrogen-bond acceptors (Lipinski definition) is 6. The summed E-state index contributed by atoms with van der Waals surface area (Å²) in [5.74, 6) is 0.551. The highest BCUT2D eigenvalue weighted by atomic mass is 79.9. The molecular formula is C14H19BrN4O2. The number of rotatable bonds is 8. The van der Waals surface area contributed by atoms with Gasteiger partial charge in [0.15, 0.2) is 0 Å². The van der Waals surface area contributed by atoms with Gasteiger partial charge in [-0.25, -0.2) is 0 Å². The van der Waals surface area contributed by atoms with Crippen molar-refractivity contribution in [3.8, 4) is 0 Å². The minimum Gasteiger partial charge on any atom is -0.407 e. The van der Waals surface area contributed by atoms with E-state index in [1.54, 1.807) is 7.11 Å². The van der Waals surface area contributed by atoms with Crippen LogP contribution in [0.3, 0.4) is 0 Å². The predicted octanol–water partition coefficient (Wildman–Crippen LogP) is 2.74. The van der Waals surface area contributed by atoms with E-state index in [-0.39, 0.29) is 6.04 Å². The molecule has 21 heavy (non-hydrogen) atoms. The lowest BCUT2D eigenvalue weighted by molar-refractivity contribution is 0.198. The summed E-state index contributed by atoms with van der Waals surface area (Å²) < 4.78 is 11.5. The van der Waals surface area contributed by atoms with Crippen LogP contribution in [-0.2, 0) is 11.3 Å². The van der Waals surface area contributed by atoms with Crippen LogP contribution in [0.2, 0.25) is 0 Å². The van der Waals surface area contributed by atoms with Crippen molar-refractivity contribution in [2.75, 3.05) is 25.6 Å². The maximum atomic E-state index is 5.54. The number of nitrogens with one attached hydrogen (secondary N) is 2. The zero-order valence-corrected chi connectivity index (χ0v) is 13.7. The van der Waals surface area contributed by atoms with Crippen molar-refractivity contribution < 1.29 is 9.15 Å². The van der Waals surface area contributed by atoms with E-state index in [9.17, 15) is 0 Å². The molecule has 0 radical (unpaired) electrons. The molecule has 0 fully saturated rings. The number of anilines is 1. The Morgan fingerprint density at radius 3 is 3.00 bits per heavy atom. The van der Waals surface area contributed by atoms with Crippen LogP contribution in [0.5, 0.6) is 0 Å². The van der Waals surface area contributed by atoms with Gasteiger partial charge in [0.05, 0.1) is 19.2 Å². The maximum absolute atomic E-state index is 5.54. The van der Waals surface area contributed by atoms with Crippen molar-refractivity contribution in [2.45, 2.75) is 19.5 Å². The van der Waals surface area contributed by atoms with E-state index >= 15 is 0 Å². The molecule has 1 heterocycles. The molecular weight excluding hydrogens is 336 g/mol. The maximum Gasteiger partial charge on any atom is 0.315 e. The fraction of sp³-hybridized carbons (Fsp3) is 0.429. The summed E-state index contributed by atoms with van der Waals surface area (Å²) in [6, 6.07) is 8.60. The molecule has 1 aromatic carbocycles. The fourth-order valence-corrected chi connectivity index (χ4v) is 2.21. The Morgan fingerprint density at radius 1 is 1.38 bits per heavy atom. The van der Waals surface area contributed by atoms with Crippen molar-refractivity contribution in [3.05, 3.63) is 40.2 Å². The summed E-state index contributed by atoms with van der Waals surface area (Å²) in [7, 11) is 1.67. The van der Waals surface area contributed by atoms with Crippen LogP contribution >= 0.6 is 15.9 Å². The molecule has 1 atom stereocenters. The lowest BCUT2D eigenvalue weighted by Gasteiger charge is -2.12. The van der Waals surface area contributed by atoms with E-state index in [2.05, 4.69) is 42.8 Å². The van der Waals surface area contributed by atoms with Crippen molar-refractivity contribution >= 4 is 21.9 Å². The summed E-state index contributed by atoms with van der Waals surface area (Å²) in [5, 5.41) is 14.3. The van der Waals surface area contributed by atoms with Crippen LogP contribution in [0.1, 0.15) is 24.4 Å². The molecule has 0 aliphatic heterocycles. The standard InChI is InChI=1S/C14H19BrN4O2/c1-10(11-4-3-5-12(15)8-11)17-14-19-18-13(21-14)9-16-6-7-20-2/h3-5,8,10,16H,6-7,9H2,1-2H3,(H,17,19). The van der Waals surface area contributed by atoms with Crippen molar-refractivity contribution in [2.24, 2.45) is 0 Å². The van der Waals surface area contributed by atoms with Gasteiger partial charge < -0.3 is 19.8 Å². The molecule has 0 amide bonds. The Balaban J connectivity index is 1.87. The van der Waals surface area contributed by atoms with Crippen LogP contribution in [0, 0.1) is 0 Å². The third-order valence-corrected chi connectivity index (χ3v) is 3.41. The Bertz CT molecular complexity index is 561. The topological polar surface area (TPSA) is 72.2 Å². The minimum absolute atomic E-state index is 0.0808. The van der Waals surface area contributed by atoms with E-state index in [0.717, 1.165) is 16.6 Å². The first-order chi connectivity index (χ1) is 10.2. The Labute approximate surface area is 132 Å². The lowest BCUT2D eigenvalue weighted by Crippen LogP contribution is -2.18. The Hall–Kier alpha value is -1.44. The number of methoxy groups -OCH3 is 1. The zero-order valence-electron chi connectivity index (χ0n) is 12.1. The number of benzene rings is 1. The third kappa shape index (κ3) is 5.11.